The lowest BCUT2D eigenvalue weighted by molar-refractivity contribution is -0.336. The van der Waals surface area contributed by atoms with Crippen LogP contribution >= 0.6 is 0 Å². The van der Waals surface area contributed by atoms with Crippen molar-refractivity contribution in [3.8, 4) is 0 Å². The highest BCUT2D eigenvalue weighted by Gasteiger charge is 2.60. The van der Waals surface area contributed by atoms with Crippen LogP contribution in [0.4, 0.5) is 0 Å². The molecule has 1 aliphatic carbocycles. The molecule has 2 bridgehead atoms. The van der Waals surface area contributed by atoms with Crippen LogP contribution in [0, 0.1) is 17.8 Å². The third-order valence-electron chi connectivity index (χ3n) is 10.2. The van der Waals surface area contributed by atoms with Gasteiger partial charge in [-0.15, -0.1) is 0 Å². The Labute approximate surface area is 236 Å². The number of allylic oxidation sites excluding steroid dienone is 3. The van der Waals surface area contributed by atoms with Gasteiger partial charge in [0, 0.05) is 38.2 Å². The van der Waals surface area contributed by atoms with Gasteiger partial charge >= 0.3 is 5.97 Å². The molecule has 5 heterocycles. The number of carbonyl (C=O) groups excluding carboxylic acids is 1. The topological polar surface area (TPSA) is 127 Å². The van der Waals surface area contributed by atoms with E-state index in [0.29, 0.717) is 36.8 Å². The number of epoxide rings is 1. The Morgan fingerprint density at radius 1 is 1.10 bits per heavy atom. The fourth-order valence-corrected chi connectivity index (χ4v) is 7.75. The summed E-state index contributed by atoms with van der Waals surface area (Å²) in [6.07, 6.45) is 8.28. The van der Waals surface area contributed by atoms with Gasteiger partial charge in [0.2, 0.25) is 0 Å². The number of hydrogen-bond acceptors (Lipinski definition) is 9. The molecule has 222 valence electrons. The predicted molar refractivity (Wildman–Crippen MR) is 144 cm³/mol. The summed E-state index contributed by atoms with van der Waals surface area (Å²) in [5.41, 5.74) is -0.867. The van der Waals surface area contributed by atoms with Crippen LogP contribution < -0.4 is 0 Å². The fourth-order valence-electron chi connectivity index (χ4n) is 7.75. The van der Waals surface area contributed by atoms with Gasteiger partial charge in [0.05, 0.1) is 30.5 Å². The second-order valence-corrected chi connectivity index (χ2v) is 13.3. The van der Waals surface area contributed by atoms with Gasteiger partial charge in [-0.25, -0.2) is 0 Å². The SMILES string of the molecule is CC1=C[C@H]2C(=O)O[C@H]3C[C@@H](C[C@H]4O[C@@]4(C)C[C@@H](C)/C=C/C=C4\CO[C@H]([C@@H]1O)[C@@]42O)O[C@@]1(CC[C@H](CO)C(C)O1)C3. The van der Waals surface area contributed by atoms with E-state index in [9.17, 15) is 20.1 Å². The number of fused-ring (bicyclic) bond motifs is 3. The molecule has 0 amide bonds. The maximum atomic E-state index is 13.9. The van der Waals surface area contributed by atoms with Gasteiger partial charge in [0.15, 0.2) is 5.79 Å². The molecule has 1 spiro atoms. The standard InChI is InChI=1S/C31H44O9/c1-17-6-5-7-21-16-36-27-26(33)18(2)10-24(31(21,27)35)28(34)37-23-11-22(12-25-29(4,13-17)40-25)39-30(14-23)9-8-20(15-32)19(3)38-30/h5-7,10,17,19-20,22-27,32-33,35H,8-9,11-16H2,1-4H3/b6-5+,21-7+/t17-,19?,20+,22-,23-,24-,25+,26+,27+,29-,30-,31+/m0/s1. The Hall–Kier alpha value is -1.59. The number of ether oxygens (including phenoxy) is 5. The number of hydrogen-bond donors (Lipinski definition) is 3. The van der Waals surface area contributed by atoms with Gasteiger partial charge < -0.3 is 39.0 Å². The van der Waals surface area contributed by atoms with Crippen LogP contribution in [0.25, 0.3) is 0 Å². The highest BCUT2D eigenvalue weighted by Crippen LogP contribution is 2.50. The zero-order chi connectivity index (χ0) is 28.4. The minimum absolute atomic E-state index is 0.0336. The Balaban J connectivity index is 1.35. The highest BCUT2D eigenvalue weighted by atomic mass is 16.7. The quantitative estimate of drug-likeness (QED) is 0.252. The lowest BCUT2D eigenvalue weighted by Gasteiger charge is -2.49. The van der Waals surface area contributed by atoms with Crippen molar-refractivity contribution in [2.24, 2.45) is 17.8 Å². The molecule has 3 N–H and O–H groups in total. The van der Waals surface area contributed by atoms with Crippen molar-refractivity contribution in [3.05, 3.63) is 35.5 Å². The first-order valence-electron chi connectivity index (χ1n) is 14.9. The van der Waals surface area contributed by atoms with E-state index >= 15 is 0 Å². The van der Waals surface area contributed by atoms with Crippen molar-refractivity contribution in [2.45, 2.75) is 120 Å². The number of rotatable bonds is 1. The normalized spacial score (nSPS) is 53.0. The summed E-state index contributed by atoms with van der Waals surface area (Å²) in [6, 6.07) is 0. The molecular weight excluding hydrogens is 516 g/mol. The molecule has 40 heavy (non-hydrogen) atoms. The lowest BCUT2D eigenvalue weighted by Crippen LogP contribution is -2.58. The Morgan fingerprint density at radius 2 is 1.90 bits per heavy atom. The van der Waals surface area contributed by atoms with Gasteiger partial charge in [0.1, 0.15) is 29.8 Å². The zero-order valence-corrected chi connectivity index (χ0v) is 24.0. The third-order valence-corrected chi connectivity index (χ3v) is 10.2. The van der Waals surface area contributed by atoms with E-state index < -0.39 is 41.6 Å². The van der Waals surface area contributed by atoms with Crippen LogP contribution in [-0.2, 0) is 28.5 Å². The number of aliphatic hydroxyl groups is 3. The van der Waals surface area contributed by atoms with E-state index in [4.69, 9.17) is 23.7 Å². The predicted octanol–water partition coefficient (Wildman–Crippen LogP) is 2.72. The van der Waals surface area contributed by atoms with E-state index in [-0.39, 0.29) is 49.0 Å². The summed E-state index contributed by atoms with van der Waals surface area (Å²) in [5.74, 6) is -2.24. The van der Waals surface area contributed by atoms with Crippen LogP contribution in [0.1, 0.15) is 66.2 Å². The average Bonchev–Trinajstić information content (AvgIpc) is 3.36. The van der Waals surface area contributed by atoms with Crippen molar-refractivity contribution in [1.82, 2.24) is 0 Å². The molecule has 12 atom stereocenters. The van der Waals surface area contributed by atoms with Gasteiger partial charge in [-0.05, 0) is 50.7 Å². The largest absolute Gasteiger partial charge is 0.462 e. The summed E-state index contributed by atoms with van der Waals surface area (Å²) in [4.78, 5) is 13.9. The van der Waals surface area contributed by atoms with E-state index in [1.54, 1.807) is 13.0 Å². The first kappa shape index (κ1) is 28.5. The third kappa shape index (κ3) is 4.91. The molecule has 4 saturated heterocycles. The molecule has 4 fully saturated rings. The number of esters is 1. The van der Waals surface area contributed by atoms with Gasteiger partial charge in [0.25, 0.3) is 0 Å². The minimum Gasteiger partial charge on any atom is -0.462 e. The van der Waals surface area contributed by atoms with Crippen LogP contribution in [-0.4, -0.2) is 88.1 Å². The molecule has 1 unspecified atom stereocenters. The van der Waals surface area contributed by atoms with Crippen molar-refractivity contribution < 1.29 is 43.8 Å². The minimum atomic E-state index is -1.72. The Kier molecular flexibility index (Phi) is 7.34. The van der Waals surface area contributed by atoms with E-state index in [1.807, 2.05) is 19.1 Å². The molecule has 5 aliphatic heterocycles. The summed E-state index contributed by atoms with van der Waals surface area (Å²) >= 11 is 0. The summed E-state index contributed by atoms with van der Waals surface area (Å²) in [5, 5.41) is 32.7. The average molecular weight is 561 g/mol. The van der Waals surface area contributed by atoms with Crippen LogP contribution in [0.3, 0.4) is 0 Å². The van der Waals surface area contributed by atoms with Gasteiger partial charge in [-0.2, -0.15) is 0 Å². The Morgan fingerprint density at radius 3 is 2.65 bits per heavy atom. The molecule has 6 rings (SSSR count). The number of aliphatic hydroxyl groups excluding tert-OH is 2. The molecule has 0 aromatic carbocycles. The van der Waals surface area contributed by atoms with Crippen molar-refractivity contribution in [3.63, 3.8) is 0 Å². The lowest BCUT2D eigenvalue weighted by atomic mass is 9.71. The second kappa shape index (κ2) is 10.3. The van der Waals surface area contributed by atoms with E-state index in [2.05, 4.69) is 19.9 Å². The first-order chi connectivity index (χ1) is 19.0. The van der Waals surface area contributed by atoms with E-state index in [1.165, 1.54) is 0 Å². The zero-order valence-electron chi connectivity index (χ0n) is 24.0. The van der Waals surface area contributed by atoms with Crippen LogP contribution in [0.2, 0.25) is 0 Å². The molecule has 6 aliphatic rings. The second-order valence-electron chi connectivity index (χ2n) is 13.3. The number of carbonyl (C=O) groups is 1. The highest BCUT2D eigenvalue weighted by molar-refractivity contribution is 5.78. The maximum absolute atomic E-state index is 13.9. The summed E-state index contributed by atoms with van der Waals surface area (Å²) in [6.45, 7) is 8.13. The molecule has 9 heteroatoms. The molecule has 0 radical (unpaired) electrons. The van der Waals surface area contributed by atoms with Crippen molar-refractivity contribution >= 4 is 5.97 Å². The van der Waals surface area contributed by atoms with Crippen molar-refractivity contribution in [1.29, 1.82) is 0 Å². The maximum Gasteiger partial charge on any atom is 0.316 e. The smallest absolute Gasteiger partial charge is 0.316 e. The molecule has 0 aromatic rings. The molecule has 0 saturated carbocycles. The van der Waals surface area contributed by atoms with Gasteiger partial charge in [-0.1, -0.05) is 31.2 Å². The first-order valence-corrected chi connectivity index (χ1v) is 14.9. The molecule has 9 nitrogen and oxygen atoms in total. The van der Waals surface area contributed by atoms with Crippen LogP contribution in [0.15, 0.2) is 35.5 Å². The molecular formula is C31H44O9. The monoisotopic (exact) mass is 560 g/mol. The Bertz CT molecular complexity index is 1100. The van der Waals surface area contributed by atoms with Crippen LogP contribution in [0.5, 0.6) is 0 Å². The van der Waals surface area contributed by atoms with Crippen molar-refractivity contribution in [2.75, 3.05) is 13.2 Å². The van der Waals surface area contributed by atoms with E-state index in [0.717, 1.165) is 12.8 Å². The molecule has 0 aromatic heterocycles. The van der Waals surface area contributed by atoms with Gasteiger partial charge in [-0.3, -0.25) is 4.79 Å². The summed E-state index contributed by atoms with van der Waals surface area (Å²) in [7, 11) is 0. The summed E-state index contributed by atoms with van der Waals surface area (Å²) < 4.78 is 31.4. The fraction of sp³-hybridized carbons (Fsp3) is 0.774.